The van der Waals surface area contributed by atoms with Gasteiger partial charge in [0.1, 0.15) is 0 Å². The smallest absolute Gasteiger partial charge is 0.253 e. The zero-order valence-corrected chi connectivity index (χ0v) is 18.7. The van der Waals surface area contributed by atoms with Crippen molar-refractivity contribution in [3.8, 4) is 11.5 Å². The highest BCUT2D eigenvalue weighted by Gasteiger charge is 2.20. The van der Waals surface area contributed by atoms with Crippen molar-refractivity contribution in [1.82, 2.24) is 9.97 Å². The van der Waals surface area contributed by atoms with Gasteiger partial charge < -0.3 is 9.47 Å². The predicted molar refractivity (Wildman–Crippen MR) is 126 cm³/mol. The normalized spacial score (nSPS) is 12.6. The molecule has 2 aromatic heterocycles. The molecule has 0 saturated carbocycles. The molecule has 160 valence electrons. The number of benzene rings is 2. The molecule has 0 aliphatic carbocycles. The third-order valence-corrected chi connectivity index (χ3v) is 6.57. The van der Waals surface area contributed by atoms with Crippen LogP contribution in [0.15, 0.2) is 60.9 Å². The minimum absolute atomic E-state index is 0.186. The van der Waals surface area contributed by atoms with Crippen molar-refractivity contribution in [2.75, 3.05) is 11.7 Å². The summed E-state index contributed by atoms with van der Waals surface area (Å²) in [5.74, 6) is 1.19. The number of amides is 1. The lowest BCUT2D eigenvalue weighted by Gasteiger charge is -2.18. The molecule has 1 amide bonds. The molecular formula is C24H18ClN3O3S. The van der Waals surface area contributed by atoms with E-state index in [0.29, 0.717) is 28.2 Å². The molecule has 2 aromatic carbocycles. The molecule has 0 radical (unpaired) electrons. The van der Waals surface area contributed by atoms with Crippen LogP contribution in [0.4, 0.5) is 5.13 Å². The number of carbonyl (C=O) groups is 1. The molecule has 0 atom stereocenters. The Hall–Kier alpha value is -3.42. The number of aromatic nitrogens is 2. The number of anilines is 1. The molecular weight excluding hydrogens is 446 g/mol. The number of nitrogens with zero attached hydrogens (tertiary/aromatic N) is 3. The molecule has 4 aromatic rings. The highest BCUT2D eigenvalue weighted by molar-refractivity contribution is 7.22. The zero-order valence-electron chi connectivity index (χ0n) is 17.1. The van der Waals surface area contributed by atoms with Crippen molar-refractivity contribution < 1.29 is 14.3 Å². The van der Waals surface area contributed by atoms with Gasteiger partial charge in [-0.05, 0) is 60.0 Å². The molecule has 0 saturated heterocycles. The molecule has 0 unspecified atom stereocenters. The molecule has 0 fully saturated rings. The lowest BCUT2D eigenvalue weighted by molar-refractivity contribution is -0.114. The summed E-state index contributed by atoms with van der Waals surface area (Å²) in [6.07, 6.45) is 6.76. The van der Waals surface area contributed by atoms with E-state index in [2.05, 4.69) is 4.98 Å². The van der Waals surface area contributed by atoms with Crippen LogP contribution in [-0.2, 0) is 11.3 Å². The van der Waals surface area contributed by atoms with Crippen LogP contribution < -0.4 is 14.4 Å². The SMILES string of the molecule is Cc1c(Cl)ccc2sc(N(Cc3cccnc3)C(=O)/C=C/c3ccc4c(c3)OCO4)nc12. The van der Waals surface area contributed by atoms with Gasteiger partial charge in [-0.15, -0.1) is 0 Å². The number of rotatable bonds is 5. The highest BCUT2D eigenvalue weighted by Crippen LogP contribution is 2.35. The van der Waals surface area contributed by atoms with Gasteiger partial charge in [-0.2, -0.15) is 0 Å². The van der Waals surface area contributed by atoms with Crippen LogP contribution in [0.2, 0.25) is 5.02 Å². The van der Waals surface area contributed by atoms with Gasteiger partial charge in [0.2, 0.25) is 6.79 Å². The third kappa shape index (κ3) is 4.04. The first-order valence-corrected chi connectivity index (χ1v) is 11.1. The van der Waals surface area contributed by atoms with Crippen LogP contribution in [0.5, 0.6) is 11.5 Å². The molecule has 1 aliphatic rings. The van der Waals surface area contributed by atoms with Gasteiger partial charge in [-0.25, -0.2) is 4.98 Å². The van der Waals surface area contributed by atoms with Crippen molar-refractivity contribution >= 4 is 50.3 Å². The second kappa shape index (κ2) is 8.61. The van der Waals surface area contributed by atoms with E-state index in [1.165, 1.54) is 11.3 Å². The van der Waals surface area contributed by atoms with Gasteiger partial charge in [-0.3, -0.25) is 14.7 Å². The van der Waals surface area contributed by atoms with E-state index in [4.69, 9.17) is 26.1 Å². The summed E-state index contributed by atoms with van der Waals surface area (Å²) in [6.45, 7) is 2.49. The zero-order chi connectivity index (χ0) is 22.1. The van der Waals surface area contributed by atoms with Gasteiger partial charge in [-0.1, -0.05) is 35.1 Å². The number of pyridine rings is 1. The Morgan fingerprint density at radius 2 is 2.09 bits per heavy atom. The summed E-state index contributed by atoms with van der Waals surface area (Å²) in [7, 11) is 0. The number of carbonyl (C=O) groups excluding carboxylic acids is 1. The molecule has 32 heavy (non-hydrogen) atoms. The monoisotopic (exact) mass is 463 g/mol. The molecule has 8 heteroatoms. The minimum atomic E-state index is -0.186. The second-order valence-corrected chi connectivity index (χ2v) is 8.66. The third-order valence-electron chi connectivity index (χ3n) is 5.11. The maximum atomic E-state index is 13.3. The quantitative estimate of drug-likeness (QED) is 0.359. The van der Waals surface area contributed by atoms with Gasteiger partial charge in [0.15, 0.2) is 16.6 Å². The van der Waals surface area contributed by atoms with Gasteiger partial charge in [0, 0.05) is 23.5 Å². The lowest BCUT2D eigenvalue weighted by Crippen LogP contribution is -2.28. The number of ether oxygens (including phenoxy) is 2. The molecule has 3 heterocycles. The first kappa shape index (κ1) is 20.5. The number of thiazole rings is 1. The van der Waals surface area contributed by atoms with Gasteiger partial charge in [0.25, 0.3) is 5.91 Å². The van der Waals surface area contributed by atoms with Crippen LogP contribution in [-0.4, -0.2) is 22.7 Å². The van der Waals surface area contributed by atoms with Crippen molar-refractivity contribution in [2.24, 2.45) is 0 Å². The summed E-state index contributed by atoms with van der Waals surface area (Å²) in [5.41, 5.74) is 3.46. The van der Waals surface area contributed by atoms with Crippen molar-refractivity contribution in [3.05, 3.63) is 82.6 Å². The summed E-state index contributed by atoms with van der Waals surface area (Å²) in [4.78, 5) is 23.8. The number of hydrogen-bond acceptors (Lipinski definition) is 6. The standard InChI is InChI=1S/C24H18ClN3O3S/c1-15-18(25)6-8-21-23(15)27-24(32-21)28(13-17-3-2-10-26-12-17)22(29)9-5-16-4-7-19-20(11-16)31-14-30-19/h2-12H,13-14H2,1H3/b9-5+. The minimum Gasteiger partial charge on any atom is -0.454 e. The van der Waals surface area contributed by atoms with Crippen molar-refractivity contribution in [2.45, 2.75) is 13.5 Å². The average Bonchev–Trinajstić information content (AvgIpc) is 3.46. The maximum Gasteiger partial charge on any atom is 0.253 e. The Balaban J connectivity index is 1.48. The fraction of sp³-hybridized carbons (Fsp3) is 0.125. The number of fused-ring (bicyclic) bond motifs is 2. The second-order valence-electron chi connectivity index (χ2n) is 7.25. The van der Waals surface area contributed by atoms with E-state index >= 15 is 0 Å². The van der Waals surface area contributed by atoms with Crippen LogP contribution in [0.25, 0.3) is 16.3 Å². The van der Waals surface area contributed by atoms with E-state index in [1.807, 2.05) is 49.4 Å². The summed E-state index contributed by atoms with van der Waals surface area (Å²) in [5, 5.41) is 1.26. The number of aryl methyl sites for hydroxylation is 1. The Bertz CT molecular complexity index is 1340. The topological polar surface area (TPSA) is 64.6 Å². The Labute approximate surface area is 193 Å². The Morgan fingerprint density at radius 1 is 1.22 bits per heavy atom. The first-order chi connectivity index (χ1) is 15.6. The van der Waals surface area contributed by atoms with Crippen LogP contribution >= 0.6 is 22.9 Å². The van der Waals surface area contributed by atoms with Gasteiger partial charge in [0.05, 0.1) is 16.8 Å². The Kier molecular flexibility index (Phi) is 5.51. The maximum absolute atomic E-state index is 13.3. The predicted octanol–water partition coefficient (Wildman–Crippen LogP) is 5.63. The van der Waals surface area contributed by atoms with Crippen LogP contribution in [0.1, 0.15) is 16.7 Å². The van der Waals surface area contributed by atoms with Crippen LogP contribution in [0, 0.1) is 6.92 Å². The molecule has 1 aliphatic heterocycles. The number of hydrogen-bond donors (Lipinski definition) is 0. The van der Waals surface area contributed by atoms with Gasteiger partial charge >= 0.3 is 0 Å². The average molecular weight is 464 g/mol. The summed E-state index contributed by atoms with van der Waals surface area (Å²) in [6, 6.07) is 13.1. The molecule has 5 rings (SSSR count). The summed E-state index contributed by atoms with van der Waals surface area (Å²) >= 11 is 7.73. The molecule has 0 N–H and O–H groups in total. The largest absolute Gasteiger partial charge is 0.454 e. The van der Waals surface area contributed by atoms with E-state index in [9.17, 15) is 4.79 Å². The number of halogens is 1. The fourth-order valence-corrected chi connectivity index (χ4v) is 4.57. The highest BCUT2D eigenvalue weighted by atomic mass is 35.5. The summed E-state index contributed by atoms with van der Waals surface area (Å²) < 4.78 is 11.7. The van der Waals surface area contributed by atoms with E-state index < -0.39 is 0 Å². The van der Waals surface area contributed by atoms with Crippen LogP contribution in [0.3, 0.4) is 0 Å². The van der Waals surface area contributed by atoms with E-state index in [0.717, 1.165) is 26.9 Å². The lowest BCUT2D eigenvalue weighted by atomic mass is 10.2. The molecule has 6 nitrogen and oxygen atoms in total. The fourth-order valence-electron chi connectivity index (χ4n) is 3.39. The Morgan fingerprint density at radius 3 is 2.94 bits per heavy atom. The molecule has 0 spiro atoms. The first-order valence-electron chi connectivity index (χ1n) is 9.92. The van der Waals surface area contributed by atoms with E-state index in [-0.39, 0.29) is 12.7 Å². The molecule has 0 bridgehead atoms. The van der Waals surface area contributed by atoms with Crippen molar-refractivity contribution in [3.63, 3.8) is 0 Å². The van der Waals surface area contributed by atoms with Crippen molar-refractivity contribution in [1.29, 1.82) is 0 Å². The van der Waals surface area contributed by atoms with E-state index in [1.54, 1.807) is 29.4 Å².